The van der Waals surface area contributed by atoms with Gasteiger partial charge in [-0.2, -0.15) is 5.10 Å². The molecule has 30 heavy (non-hydrogen) atoms. The molecule has 1 fully saturated rings. The number of H-pyrrole nitrogens is 1. The summed E-state index contributed by atoms with van der Waals surface area (Å²) in [5.74, 6) is 2.29. The highest BCUT2D eigenvalue weighted by atomic mass is 32.2. The first-order valence-corrected chi connectivity index (χ1v) is 10.5. The Bertz CT molecular complexity index is 985. The molecule has 0 radical (unpaired) electrons. The number of aromatic amines is 1. The molecule has 0 spiro atoms. The second-order valence-electron chi connectivity index (χ2n) is 7.09. The zero-order valence-corrected chi connectivity index (χ0v) is 17.7. The van der Waals surface area contributed by atoms with Crippen LogP contribution in [0.4, 0.5) is 23.1 Å². The fourth-order valence-corrected chi connectivity index (χ4v) is 3.86. The Morgan fingerprint density at radius 1 is 1.10 bits per heavy atom. The van der Waals surface area contributed by atoms with E-state index in [2.05, 4.69) is 42.7 Å². The highest BCUT2D eigenvalue weighted by Gasteiger charge is 2.18. The van der Waals surface area contributed by atoms with Crippen LogP contribution in [-0.4, -0.2) is 64.2 Å². The van der Waals surface area contributed by atoms with Crippen LogP contribution >= 0.6 is 11.8 Å². The summed E-state index contributed by atoms with van der Waals surface area (Å²) in [7, 11) is 2.13. The molecular weight excluding hydrogens is 400 g/mol. The summed E-state index contributed by atoms with van der Waals surface area (Å²) in [5, 5.41) is 13.6. The maximum atomic E-state index is 11.2. The third-order valence-electron chi connectivity index (χ3n) is 4.67. The van der Waals surface area contributed by atoms with Crippen molar-refractivity contribution in [2.24, 2.45) is 0 Å². The van der Waals surface area contributed by atoms with Gasteiger partial charge in [-0.05, 0) is 43.1 Å². The van der Waals surface area contributed by atoms with Gasteiger partial charge in [0.05, 0.1) is 6.20 Å². The van der Waals surface area contributed by atoms with E-state index in [0.29, 0.717) is 11.0 Å². The molecular formula is C20H24N8OS. The summed E-state index contributed by atoms with van der Waals surface area (Å²) in [6.07, 6.45) is 1.69. The van der Waals surface area contributed by atoms with E-state index in [9.17, 15) is 4.79 Å². The summed E-state index contributed by atoms with van der Waals surface area (Å²) in [5.41, 5.74) is 0.764. The number of nitrogens with zero attached hydrogens (tertiary/aromatic N) is 5. The lowest BCUT2D eigenvalue weighted by Gasteiger charge is -2.33. The van der Waals surface area contributed by atoms with Crippen LogP contribution in [0.25, 0.3) is 0 Å². The monoisotopic (exact) mass is 424 g/mol. The summed E-state index contributed by atoms with van der Waals surface area (Å²) in [4.78, 5) is 26.3. The Morgan fingerprint density at radius 3 is 2.53 bits per heavy atom. The van der Waals surface area contributed by atoms with Crippen LogP contribution in [0.2, 0.25) is 0 Å². The molecule has 0 atom stereocenters. The van der Waals surface area contributed by atoms with Gasteiger partial charge in [0.15, 0.2) is 5.16 Å². The number of rotatable bonds is 6. The molecule has 3 heterocycles. The quantitative estimate of drug-likeness (QED) is 0.519. The SMILES string of the molecule is CC(=O)Nc1ccc(Sc2nc(Nc3ccn[nH]3)cc(N3CCN(C)CC3)n2)cc1. The van der Waals surface area contributed by atoms with Gasteiger partial charge in [-0.25, -0.2) is 9.97 Å². The molecule has 1 aliphatic rings. The van der Waals surface area contributed by atoms with Gasteiger partial charge in [-0.3, -0.25) is 9.89 Å². The first-order chi connectivity index (χ1) is 14.5. The first kappa shape index (κ1) is 20.2. The standard InChI is InChI=1S/C20H24N8OS/c1-14(29)22-15-3-5-16(6-4-15)30-20-24-18(23-17-7-8-21-26-17)13-19(25-20)28-11-9-27(2)10-12-28/h3-8,13H,9-12H2,1-2H3,(H,22,29)(H2,21,23,24,25,26). The minimum atomic E-state index is -0.0897. The van der Waals surface area contributed by atoms with Crippen molar-refractivity contribution >= 4 is 40.8 Å². The minimum Gasteiger partial charge on any atom is -0.354 e. The highest BCUT2D eigenvalue weighted by Crippen LogP contribution is 2.30. The third-order valence-corrected chi connectivity index (χ3v) is 5.54. The van der Waals surface area contributed by atoms with Gasteiger partial charge in [-0.1, -0.05) is 0 Å². The second kappa shape index (κ2) is 9.14. The van der Waals surface area contributed by atoms with Crippen molar-refractivity contribution in [1.29, 1.82) is 0 Å². The van der Waals surface area contributed by atoms with E-state index < -0.39 is 0 Å². The molecule has 0 unspecified atom stereocenters. The van der Waals surface area contributed by atoms with Gasteiger partial charge >= 0.3 is 0 Å². The minimum absolute atomic E-state index is 0.0897. The lowest BCUT2D eigenvalue weighted by atomic mass is 10.3. The van der Waals surface area contributed by atoms with E-state index in [0.717, 1.165) is 48.4 Å². The summed E-state index contributed by atoms with van der Waals surface area (Å²) in [6.45, 7) is 5.34. The Morgan fingerprint density at radius 2 is 1.87 bits per heavy atom. The number of hydrogen-bond donors (Lipinski definition) is 3. The van der Waals surface area contributed by atoms with Gasteiger partial charge in [0.1, 0.15) is 17.5 Å². The fourth-order valence-electron chi connectivity index (χ4n) is 3.10. The van der Waals surface area contributed by atoms with Crippen molar-refractivity contribution in [3.8, 4) is 0 Å². The van der Waals surface area contributed by atoms with E-state index >= 15 is 0 Å². The van der Waals surface area contributed by atoms with Crippen molar-refractivity contribution in [3.05, 3.63) is 42.6 Å². The zero-order valence-electron chi connectivity index (χ0n) is 16.9. The molecule has 0 aliphatic carbocycles. The van der Waals surface area contributed by atoms with Crippen molar-refractivity contribution < 1.29 is 4.79 Å². The van der Waals surface area contributed by atoms with Crippen LogP contribution in [0.3, 0.4) is 0 Å². The van der Waals surface area contributed by atoms with Crippen molar-refractivity contribution in [2.75, 3.05) is 48.8 Å². The molecule has 1 saturated heterocycles. The molecule has 1 aliphatic heterocycles. The van der Waals surface area contributed by atoms with Crippen molar-refractivity contribution in [3.63, 3.8) is 0 Å². The van der Waals surface area contributed by atoms with Crippen LogP contribution < -0.4 is 15.5 Å². The van der Waals surface area contributed by atoms with Crippen molar-refractivity contribution in [1.82, 2.24) is 25.1 Å². The maximum Gasteiger partial charge on any atom is 0.221 e. The zero-order chi connectivity index (χ0) is 20.9. The summed E-state index contributed by atoms with van der Waals surface area (Å²) in [6, 6.07) is 11.5. The van der Waals surface area contributed by atoms with Gasteiger partial charge in [0.25, 0.3) is 0 Å². The molecule has 0 saturated carbocycles. The smallest absolute Gasteiger partial charge is 0.221 e. The number of nitrogens with one attached hydrogen (secondary N) is 3. The third kappa shape index (κ3) is 5.28. The Labute approximate surface area is 179 Å². The number of carbonyl (C=O) groups excluding carboxylic acids is 1. The molecule has 10 heteroatoms. The topological polar surface area (TPSA) is 102 Å². The Kier molecular flexibility index (Phi) is 6.15. The molecule has 1 amide bonds. The largest absolute Gasteiger partial charge is 0.354 e. The number of carbonyl (C=O) groups is 1. The van der Waals surface area contributed by atoms with Crippen LogP contribution in [0.15, 0.2) is 52.6 Å². The van der Waals surface area contributed by atoms with Crippen LogP contribution in [0.1, 0.15) is 6.92 Å². The molecule has 1 aromatic carbocycles. The molecule has 2 aromatic heterocycles. The fraction of sp³-hybridized carbons (Fsp3) is 0.300. The number of benzene rings is 1. The normalized spacial score (nSPS) is 14.5. The number of amides is 1. The lowest BCUT2D eigenvalue weighted by molar-refractivity contribution is -0.114. The predicted octanol–water partition coefficient (Wildman–Crippen LogP) is 2.80. The maximum absolute atomic E-state index is 11.2. The Balaban J connectivity index is 1.57. The van der Waals surface area contributed by atoms with E-state index in [-0.39, 0.29) is 5.91 Å². The molecule has 3 aromatic rings. The van der Waals surface area contributed by atoms with E-state index in [1.165, 1.54) is 18.7 Å². The second-order valence-corrected chi connectivity index (χ2v) is 8.13. The lowest BCUT2D eigenvalue weighted by Crippen LogP contribution is -2.44. The van der Waals surface area contributed by atoms with E-state index in [4.69, 9.17) is 4.98 Å². The number of likely N-dealkylation sites (N-methyl/N-ethyl adjacent to an activating group) is 1. The van der Waals surface area contributed by atoms with Gasteiger partial charge < -0.3 is 20.4 Å². The van der Waals surface area contributed by atoms with Crippen molar-refractivity contribution in [2.45, 2.75) is 17.0 Å². The first-order valence-electron chi connectivity index (χ1n) is 9.70. The number of anilines is 4. The van der Waals surface area contributed by atoms with Crippen LogP contribution in [-0.2, 0) is 4.79 Å². The number of piperazine rings is 1. The summed E-state index contributed by atoms with van der Waals surface area (Å²) < 4.78 is 0. The van der Waals surface area contributed by atoms with Gasteiger partial charge in [0.2, 0.25) is 5.91 Å². The number of aromatic nitrogens is 4. The van der Waals surface area contributed by atoms with E-state index in [1.807, 2.05) is 36.4 Å². The van der Waals surface area contributed by atoms with Crippen LogP contribution in [0.5, 0.6) is 0 Å². The van der Waals surface area contributed by atoms with Gasteiger partial charge in [0, 0.05) is 55.8 Å². The Hall–Kier alpha value is -3.11. The van der Waals surface area contributed by atoms with Gasteiger partial charge in [-0.15, -0.1) is 0 Å². The summed E-state index contributed by atoms with van der Waals surface area (Å²) >= 11 is 1.48. The molecule has 9 nitrogen and oxygen atoms in total. The molecule has 4 rings (SSSR count). The molecule has 156 valence electrons. The van der Waals surface area contributed by atoms with Crippen LogP contribution in [0, 0.1) is 0 Å². The average Bonchev–Trinajstić information content (AvgIpc) is 3.22. The highest BCUT2D eigenvalue weighted by molar-refractivity contribution is 7.99. The van der Waals surface area contributed by atoms with E-state index in [1.54, 1.807) is 6.20 Å². The molecule has 3 N–H and O–H groups in total. The molecule has 0 bridgehead atoms. The predicted molar refractivity (Wildman–Crippen MR) is 118 cm³/mol. The number of hydrogen-bond acceptors (Lipinski definition) is 8. The average molecular weight is 425 g/mol.